The average molecular weight is 287 g/mol. The van der Waals surface area contributed by atoms with Crippen molar-refractivity contribution in [2.24, 2.45) is 5.92 Å². The minimum atomic E-state index is 0.238. The first-order valence-electron chi connectivity index (χ1n) is 6.43. The van der Waals surface area contributed by atoms with Crippen LogP contribution in [0.25, 0.3) is 0 Å². The van der Waals surface area contributed by atoms with Crippen LogP contribution in [0.15, 0.2) is 18.2 Å². The van der Waals surface area contributed by atoms with Gasteiger partial charge in [0.2, 0.25) is 0 Å². The highest BCUT2D eigenvalue weighted by Gasteiger charge is 2.20. The number of hydrogen-bond donors (Lipinski definition) is 1. The lowest BCUT2D eigenvalue weighted by atomic mass is 10.1. The summed E-state index contributed by atoms with van der Waals surface area (Å²) in [4.78, 5) is 2.38. The number of rotatable bonds is 4. The van der Waals surface area contributed by atoms with E-state index in [4.69, 9.17) is 23.2 Å². The Labute approximate surface area is 119 Å². The van der Waals surface area contributed by atoms with E-state index in [0.717, 1.165) is 18.0 Å². The second-order valence-electron chi connectivity index (χ2n) is 5.19. The number of benzene rings is 1. The number of nitrogens with one attached hydrogen (secondary N) is 1. The van der Waals surface area contributed by atoms with E-state index < -0.39 is 0 Å². The molecule has 1 aromatic rings. The fourth-order valence-corrected chi connectivity index (χ4v) is 2.97. The first-order chi connectivity index (χ1) is 8.58. The molecule has 0 radical (unpaired) electrons. The molecule has 0 spiro atoms. The van der Waals surface area contributed by atoms with E-state index in [9.17, 15) is 0 Å². The Kier molecular flexibility index (Phi) is 4.91. The van der Waals surface area contributed by atoms with Crippen molar-refractivity contribution < 1.29 is 0 Å². The van der Waals surface area contributed by atoms with Crippen molar-refractivity contribution in [1.82, 2.24) is 10.2 Å². The lowest BCUT2D eigenvalue weighted by Gasteiger charge is -2.19. The molecule has 1 aliphatic rings. The maximum atomic E-state index is 6.23. The molecule has 1 N–H and O–H groups in total. The smallest absolute Gasteiger partial charge is 0.0639 e. The van der Waals surface area contributed by atoms with Crippen LogP contribution in [-0.4, -0.2) is 31.6 Å². The van der Waals surface area contributed by atoms with Crippen LogP contribution in [0.1, 0.15) is 24.9 Å². The molecule has 0 amide bonds. The molecular weight excluding hydrogens is 267 g/mol. The van der Waals surface area contributed by atoms with Gasteiger partial charge in [-0.15, -0.1) is 0 Å². The van der Waals surface area contributed by atoms with Crippen molar-refractivity contribution in [1.29, 1.82) is 0 Å². The van der Waals surface area contributed by atoms with Gasteiger partial charge in [-0.2, -0.15) is 0 Å². The van der Waals surface area contributed by atoms with Crippen LogP contribution in [-0.2, 0) is 0 Å². The summed E-state index contributed by atoms with van der Waals surface area (Å²) in [5, 5.41) is 4.86. The molecule has 2 unspecified atom stereocenters. The molecule has 0 saturated carbocycles. The van der Waals surface area contributed by atoms with Gasteiger partial charge in [-0.25, -0.2) is 0 Å². The molecule has 2 atom stereocenters. The van der Waals surface area contributed by atoms with E-state index in [2.05, 4.69) is 24.2 Å². The Balaban J connectivity index is 1.91. The molecular formula is C14H20Cl2N2. The van der Waals surface area contributed by atoms with Gasteiger partial charge >= 0.3 is 0 Å². The summed E-state index contributed by atoms with van der Waals surface area (Å²) in [6.45, 7) is 5.56. The standard InChI is InChI=1S/C14H20Cl2N2/c1-10(12-4-3-5-13(15)14(12)16)17-8-11-6-7-18(2)9-11/h3-5,10-11,17H,6-9H2,1-2H3. The molecule has 1 fully saturated rings. The average Bonchev–Trinajstić information content (AvgIpc) is 2.76. The zero-order valence-corrected chi connectivity index (χ0v) is 12.4. The Morgan fingerprint density at radius 1 is 1.44 bits per heavy atom. The van der Waals surface area contributed by atoms with Crippen LogP contribution in [0.4, 0.5) is 0 Å². The highest BCUT2D eigenvalue weighted by atomic mass is 35.5. The normalized spacial score (nSPS) is 22.3. The van der Waals surface area contributed by atoms with Crippen LogP contribution in [0, 0.1) is 5.92 Å². The summed E-state index contributed by atoms with van der Waals surface area (Å²) >= 11 is 12.3. The Hall–Kier alpha value is -0.280. The van der Waals surface area contributed by atoms with E-state index in [-0.39, 0.29) is 6.04 Å². The number of halogens is 2. The van der Waals surface area contributed by atoms with Crippen molar-refractivity contribution in [3.63, 3.8) is 0 Å². The van der Waals surface area contributed by atoms with Gasteiger partial charge in [0.1, 0.15) is 0 Å². The minimum absolute atomic E-state index is 0.238. The van der Waals surface area contributed by atoms with Gasteiger partial charge in [-0.05, 0) is 51.0 Å². The van der Waals surface area contributed by atoms with Gasteiger partial charge < -0.3 is 10.2 Å². The topological polar surface area (TPSA) is 15.3 Å². The van der Waals surface area contributed by atoms with Crippen molar-refractivity contribution in [2.45, 2.75) is 19.4 Å². The lowest BCUT2D eigenvalue weighted by molar-refractivity contribution is 0.382. The van der Waals surface area contributed by atoms with E-state index in [0.29, 0.717) is 10.0 Å². The molecule has 1 aromatic carbocycles. The third-order valence-corrected chi connectivity index (χ3v) is 4.48. The van der Waals surface area contributed by atoms with Gasteiger partial charge in [0.15, 0.2) is 0 Å². The minimum Gasteiger partial charge on any atom is -0.310 e. The zero-order chi connectivity index (χ0) is 13.1. The molecule has 2 nitrogen and oxygen atoms in total. The van der Waals surface area contributed by atoms with Gasteiger partial charge in [0, 0.05) is 12.6 Å². The Morgan fingerprint density at radius 3 is 2.89 bits per heavy atom. The summed E-state index contributed by atoms with van der Waals surface area (Å²) < 4.78 is 0. The second-order valence-corrected chi connectivity index (χ2v) is 5.98. The fraction of sp³-hybridized carbons (Fsp3) is 0.571. The molecule has 1 heterocycles. The summed E-state index contributed by atoms with van der Waals surface area (Å²) in [6, 6.07) is 6.05. The second kappa shape index (κ2) is 6.25. The molecule has 2 rings (SSSR count). The first-order valence-corrected chi connectivity index (χ1v) is 7.19. The fourth-order valence-electron chi connectivity index (χ4n) is 2.50. The molecule has 100 valence electrons. The summed E-state index contributed by atoms with van der Waals surface area (Å²) in [6.07, 6.45) is 1.28. The van der Waals surface area contributed by atoms with Gasteiger partial charge in [0.25, 0.3) is 0 Å². The van der Waals surface area contributed by atoms with Crippen molar-refractivity contribution in [2.75, 3.05) is 26.7 Å². The lowest BCUT2D eigenvalue weighted by Crippen LogP contribution is -2.27. The Bertz CT molecular complexity index is 409. The third kappa shape index (κ3) is 3.39. The largest absolute Gasteiger partial charge is 0.310 e. The summed E-state index contributed by atoms with van der Waals surface area (Å²) in [5.41, 5.74) is 1.08. The first kappa shape index (κ1) is 14.1. The van der Waals surface area contributed by atoms with Crippen LogP contribution < -0.4 is 5.32 Å². The molecule has 0 bridgehead atoms. The maximum absolute atomic E-state index is 6.23. The van der Waals surface area contributed by atoms with Gasteiger partial charge in [0.05, 0.1) is 10.0 Å². The predicted molar refractivity (Wildman–Crippen MR) is 78.5 cm³/mol. The predicted octanol–water partition coefficient (Wildman–Crippen LogP) is 3.60. The molecule has 0 aliphatic carbocycles. The number of likely N-dealkylation sites (tertiary alicyclic amines) is 1. The highest BCUT2D eigenvalue weighted by molar-refractivity contribution is 6.42. The van der Waals surface area contributed by atoms with Gasteiger partial charge in [-0.1, -0.05) is 35.3 Å². The Morgan fingerprint density at radius 2 is 2.22 bits per heavy atom. The third-order valence-electron chi connectivity index (χ3n) is 3.65. The van der Waals surface area contributed by atoms with Gasteiger partial charge in [-0.3, -0.25) is 0 Å². The van der Waals surface area contributed by atoms with Crippen LogP contribution in [0.3, 0.4) is 0 Å². The van der Waals surface area contributed by atoms with Crippen molar-refractivity contribution >= 4 is 23.2 Å². The van der Waals surface area contributed by atoms with Crippen LogP contribution in [0.2, 0.25) is 10.0 Å². The van der Waals surface area contributed by atoms with Crippen molar-refractivity contribution in [3.8, 4) is 0 Å². The molecule has 4 heteroatoms. The molecule has 1 aliphatic heterocycles. The molecule has 18 heavy (non-hydrogen) atoms. The quantitative estimate of drug-likeness (QED) is 0.910. The molecule has 0 aromatic heterocycles. The monoisotopic (exact) mass is 286 g/mol. The van der Waals surface area contributed by atoms with E-state index in [1.807, 2.05) is 18.2 Å². The molecule has 1 saturated heterocycles. The summed E-state index contributed by atoms with van der Waals surface area (Å²) in [5.74, 6) is 0.746. The maximum Gasteiger partial charge on any atom is 0.0639 e. The number of nitrogens with zero attached hydrogens (tertiary/aromatic N) is 1. The van der Waals surface area contributed by atoms with E-state index in [1.54, 1.807) is 0 Å². The SMILES string of the molecule is CC(NCC1CCN(C)C1)c1cccc(Cl)c1Cl. The summed E-state index contributed by atoms with van der Waals surface area (Å²) in [7, 11) is 2.18. The van der Waals surface area contributed by atoms with Crippen LogP contribution in [0.5, 0.6) is 0 Å². The zero-order valence-electron chi connectivity index (χ0n) is 10.9. The van der Waals surface area contributed by atoms with E-state index >= 15 is 0 Å². The van der Waals surface area contributed by atoms with Crippen LogP contribution >= 0.6 is 23.2 Å². The van der Waals surface area contributed by atoms with Crippen molar-refractivity contribution in [3.05, 3.63) is 33.8 Å². The van der Waals surface area contributed by atoms with E-state index in [1.165, 1.54) is 19.5 Å². The highest BCUT2D eigenvalue weighted by Crippen LogP contribution is 2.29. The number of hydrogen-bond acceptors (Lipinski definition) is 2.